The Labute approximate surface area is 109 Å². The Bertz CT molecular complexity index is 280. The Kier molecular flexibility index (Phi) is 6.22. The zero-order chi connectivity index (χ0) is 13.7. The first-order chi connectivity index (χ1) is 7.64. The average molecular weight is 252 g/mol. The van der Waals surface area contributed by atoms with E-state index in [2.05, 4.69) is 53.3 Å². The molecule has 0 saturated carbocycles. The third-order valence-electron chi connectivity index (χ3n) is 3.62. The molecule has 0 bridgehead atoms. The van der Waals surface area contributed by atoms with Gasteiger partial charge in [0.2, 0.25) is 0 Å². The van der Waals surface area contributed by atoms with Gasteiger partial charge in [0, 0.05) is 6.42 Å². The van der Waals surface area contributed by atoms with Crippen LogP contribution in [-0.4, -0.2) is 14.4 Å². The number of hydrogen-bond donors (Lipinski definition) is 0. The van der Waals surface area contributed by atoms with E-state index in [0.29, 0.717) is 5.92 Å². The number of hydrogen-bond acceptors (Lipinski definition) is 1. The molecule has 0 aromatic heterocycles. The van der Waals surface area contributed by atoms with Gasteiger partial charge in [0.15, 0.2) is 8.32 Å². The van der Waals surface area contributed by atoms with Crippen molar-refractivity contribution in [2.24, 2.45) is 5.92 Å². The van der Waals surface area contributed by atoms with E-state index in [1.165, 1.54) is 0 Å². The summed E-state index contributed by atoms with van der Waals surface area (Å²) in [6.07, 6.45) is 9.18. The summed E-state index contributed by atoms with van der Waals surface area (Å²) in [5.74, 6) is 3.20. The predicted octanol–water partition coefficient (Wildman–Crippen LogP) is 4.61. The van der Waals surface area contributed by atoms with Crippen LogP contribution in [0.25, 0.3) is 0 Å². The van der Waals surface area contributed by atoms with Crippen LogP contribution in [0.1, 0.15) is 40.5 Å². The first kappa shape index (κ1) is 16.5. The fraction of sp³-hybridized carbons (Fsp3) is 0.733. The van der Waals surface area contributed by atoms with Gasteiger partial charge in [0.1, 0.15) is 0 Å². The van der Waals surface area contributed by atoms with Crippen LogP contribution in [0, 0.1) is 18.3 Å². The van der Waals surface area contributed by atoms with Gasteiger partial charge in [0.05, 0.1) is 6.10 Å². The summed E-state index contributed by atoms with van der Waals surface area (Å²) in [7, 11) is -1.70. The quantitative estimate of drug-likeness (QED) is 0.381. The summed E-state index contributed by atoms with van der Waals surface area (Å²) in [6.45, 7) is 17.4. The zero-order valence-electron chi connectivity index (χ0n) is 12.3. The van der Waals surface area contributed by atoms with Crippen LogP contribution >= 0.6 is 0 Å². The van der Waals surface area contributed by atoms with Crippen LogP contribution in [0.15, 0.2) is 12.7 Å². The van der Waals surface area contributed by atoms with Gasteiger partial charge in [-0.15, -0.1) is 18.9 Å². The third-order valence-corrected chi connectivity index (χ3v) is 8.12. The summed E-state index contributed by atoms with van der Waals surface area (Å²) < 4.78 is 6.32. The topological polar surface area (TPSA) is 9.23 Å². The van der Waals surface area contributed by atoms with Gasteiger partial charge >= 0.3 is 0 Å². The molecule has 0 amide bonds. The molecular weight excluding hydrogens is 224 g/mol. The maximum Gasteiger partial charge on any atom is 0.192 e. The summed E-state index contributed by atoms with van der Waals surface area (Å²) >= 11 is 0. The van der Waals surface area contributed by atoms with Crippen molar-refractivity contribution < 1.29 is 4.43 Å². The van der Waals surface area contributed by atoms with Gasteiger partial charge in [-0.3, -0.25) is 0 Å². The van der Waals surface area contributed by atoms with Gasteiger partial charge in [-0.05, 0) is 30.5 Å². The van der Waals surface area contributed by atoms with E-state index >= 15 is 0 Å². The molecule has 0 aliphatic rings. The van der Waals surface area contributed by atoms with Gasteiger partial charge < -0.3 is 4.43 Å². The van der Waals surface area contributed by atoms with E-state index in [1.54, 1.807) is 0 Å². The van der Waals surface area contributed by atoms with Crippen LogP contribution < -0.4 is 0 Å². The molecule has 0 aliphatic heterocycles. The molecule has 2 atom stereocenters. The molecule has 0 aromatic carbocycles. The second-order valence-electron chi connectivity index (χ2n) is 6.40. The molecule has 0 N–H and O–H groups in total. The molecule has 98 valence electrons. The van der Waals surface area contributed by atoms with Crippen molar-refractivity contribution in [1.29, 1.82) is 0 Å². The van der Waals surface area contributed by atoms with E-state index in [9.17, 15) is 0 Å². The highest BCUT2D eigenvalue weighted by atomic mass is 28.4. The molecule has 0 fully saturated rings. The molecule has 0 rings (SSSR count). The lowest BCUT2D eigenvalue weighted by molar-refractivity contribution is 0.196. The normalized spacial score (nSPS) is 16.1. The molecule has 1 nitrogen and oxygen atoms in total. The molecule has 0 aromatic rings. The van der Waals surface area contributed by atoms with Crippen molar-refractivity contribution in [3.05, 3.63) is 12.7 Å². The lowest BCUT2D eigenvalue weighted by Gasteiger charge is -2.39. The molecule has 0 saturated heterocycles. The Balaban J connectivity index is 4.52. The van der Waals surface area contributed by atoms with Gasteiger partial charge in [0.25, 0.3) is 0 Å². The van der Waals surface area contributed by atoms with Crippen LogP contribution in [0.5, 0.6) is 0 Å². The van der Waals surface area contributed by atoms with E-state index in [0.717, 1.165) is 12.8 Å². The third kappa shape index (κ3) is 5.56. The molecule has 0 heterocycles. The largest absolute Gasteiger partial charge is 0.411 e. The Morgan fingerprint density at radius 1 is 1.41 bits per heavy atom. The number of terminal acetylenes is 1. The molecule has 1 unspecified atom stereocenters. The van der Waals surface area contributed by atoms with E-state index < -0.39 is 8.32 Å². The Morgan fingerprint density at radius 3 is 2.29 bits per heavy atom. The summed E-state index contributed by atoms with van der Waals surface area (Å²) in [6, 6.07) is 0. The summed E-state index contributed by atoms with van der Waals surface area (Å²) in [5.41, 5.74) is 0. The van der Waals surface area contributed by atoms with Crippen molar-refractivity contribution in [2.75, 3.05) is 0 Å². The fourth-order valence-electron chi connectivity index (χ4n) is 1.43. The second kappa shape index (κ2) is 6.42. The fourth-order valence-corrected chi connectivity index (χ4v) is 2.73. The van der Waals surface area contributed by atoms with Crippen molar-refractivity contribution in [3.8, 4) is 12.3 Å². The van der Waals surface area contributed by atoms with Crippen LogP contribution in [0.3, 0.4) is 0 Å². The summed E-state index contributed by atoms with van der Waals surface area (Å²) in [5, 5.41) is 0.240. The maximum absolute atomic E-state index is 6.32. The van der Waals surface area contributed by atoms with Gasteiger partial charge in [-0.25, -0.2) is 0 Å². The molecular formula is C15H28OSi. The molecule has 0 radical (unpaired) electrons. The van der Waals surface area contributed by atoms with E-state index in [4.69, 9.17) is 10.8 Å². The number of rotatable bonds is 6. The van der Waals surface area contributed by atoms with Crippen molar-refractivity contribution in [3.63, 3.8) is 0 Å². The van der Waals surface area contributed by atoms with Crippen molar-refractivity contribution >= 4 is 8.32 Å². The van der Waals surface area contributed by atoms with E-state index in [1.807, 2.05) is 6.08 Å². The SMILES string of the molecule is C#CCC(C)C[C@@H](C=C)O[Si](C)(C)C(C)(C)C. The Morgan fingerprint density at radius 2 is 1.94 bits per heavy atom. The zero-order valence-corrected chi connectivity index (χ0v) is 13.3. The second-order valence-corrected chi connectivity index (χ2v) is 11.2. The average Bonchev–Trinajstić information content (AvgIpc) is 2.14. The van der Waals surface area contributed by atoms with Crippen molar-refractivity contribution in [2.45, 2.75) is 64.8 Å². The standard InChI is InChI=1S/C15H28OSi/c1-9-11-13(3)12-14(10-2)16-17(7,8)15(4,5)6/h1,10,13-14H,2,11-12H2,3-8H3/t13?,14-/m1/s1. The van der Waals surface area contributed by atoms with Crippen LogP contribution in [0.2, 0.25) is 18.1 Å². The minimum atomic E-state index is -1.70. The lowest BCUT2D eigenvalue weighted by Crippen LogP contribution is -2.43. The summed E-state index contributed by atoms with van der Waals surface area (Å²) in [4.78, 5) is 0. The highest BCUT2D eigenvalue weighted by Crippen LogP contribution is 2.38. The minimum absolute atomic E-state index is 0.138. The maximum atomic E-state index is 6.32. The predicted molar refractivity (Wildman–Crippen MR) is 79.5 cm³/mol. The van der Waals surface area contributed by atoms with Crippen LogP contribution in [0.4, 0.5) is 0 Å². The van der Waals surface area contributed by atoms with Crippen molar-refractivity contribution in [1.82, 2.24) is 0 Å². The molecule has 0 spiro atoms. The monoisotopic (exact) mass is 252 g/mol. The van der Waals surface area contributed by atoms with Gasteiger partial charge in [-0.1, -0.05) is 33.8 Å². The first-order valence-corrected chi connectivity index (χ1v) is 9.28. The smallest absolute Gasteiger partial charge is 0.192 e. The lowest BCUT2D eigenvalue weighted by atomic mass is 10.0. The molecule has 17 heavy (non-hydrogen) atoms. The van der Waals surface area contributed by atoms with Gasteiger partial charge in [-0.2, -0.15) is 0 Å². The van der Waals surface area contributed by atoms with Crippen LogP contribution in [-0.2, 0) is 4.43 Å². The molecule has 2 heteroatoms. The van der Waals surface area contributed by atoms with E-state index in [-0.39, 0.29) is 11.1 Å². The minimum Gasteiger partial charge on any atom is -0.411 e. The Hall–Kier alpha value is -0.523. The highest BCUT2D eigenvalue weighted by molar-refractivity contribution is 6.74. The molecule has 0 aliphatic carbocycles. The highest BCUT2D eigenvalue weighted by Gasteiger charge is 2.38. The first-order valence-electron chi connectivity index (χ1n) is 6.38.